The summed E-state index contributed by atoms with van der Waals surface area (Å²) in [6, 6.07) is 13.9. The van der Waals surface area contributed by atoms with Crippen molar-refractivity contribution in [3.05, 3.63) is 69.7 Å². The van der Waals surface area contributed by atoms with Gasteiger partial charge in [-0.25, -0.2) is 9.38 Å². The highest BCUT2D eigenvalue weighted by Gasteiger charge is 2.18. The van der Waals surface area contributed by atoms with Crippen LogP contribution in [0.3, 0.4) is 0 Å². The number of benzene rings is 2. The van der Waals surface area contributed by atoms with Crippen molar-refractivity contribution in [3.63, 3.8) is 0 Å². The molecule has 0 aliphatic carbocycles. The van der Waals surface area contributed by atoms with Crippen molar-refractivity contribution in [2.24, 2.45) is 4.99 Å². The van der Waals surface area contributed by atoms with E-state index >= 15 is 0 Å². The third-order valence-electron chi connectivity index (χ3n) is 4.35. The molecule has 1 heterocycles. The fraction of sp³-hybridized carbons (Fsp3) is 0.238. The second kappa shape index (κ2) is 8.50. The van der Waals surface area contributed by atoms with E-state index in [0.29, 0.717) is 16.2 Å². The molecular formula is C21H22FN3O2S. The first-order chi connectivity index (χ1) is 13.4. The largest absolute Gasteiger partial charge is 0.395 e. The van der Waals surface area contributed by atoms with E-state index in [1.165, 1.54) is 28.4 Å². The maximum atomic E-state index is 13.1. The Morgan fingerprint density at radius 2 is 1.68 bits per heavy atom. The van der Waals surface area contributed by atoms with Gasteiger partial charge in [0.25, 0.3) is 5.91 Å². The summed E-state index contributed by atoms with van der Waals surface area (Å²) >= 11 is 1.31. The fourth-order valence-corrected chi connectivity index (χ4v) is 4.02. The van der Waals surface area contributed by atoms with Crippen molar-refractivity contribution in [1.29, 1.82) is 0 Å². The molecule has 1 amide bonds. The number of halogens is 1. The summed E-state index contributed by atoms with van der Waals surface area (Å²) < 4.78 is 14.9. The predicted molar refractivity (Wildman–Crippen MR) is 109 cm³/mol. The van der Waals surface area contributed by atoms with E-state index in [1.54, 1.807) is 26.2 Å². The van der Waals surface area contributed by atoms with E-state index in [1.807, 2.05) is 35.8 Å². The molecule has 0 bridgehead atoms. The number of hydrogen-bond acceptors (Lipinski definition) is 4. The minimum Gasteiger partial charge on any atom is -0.395 e. The molecule has 3 aromatic rings. The Kier molecular flexibility index (Phi) is 6.06. The van der Waals surface area contributed by atoms with Crippen LogP contribution in [0.5, 0.6) is 0 Å². The van der Waals surface area contributed by atoms with Gasteiger partial charge in [-0.2, -0.15) is 0 Å². The lowest BCUT2D eigenvalue weighted by Crippen LogP contribution is -2.22. The van der Waals surface area contributed by atoms with Crippen LogP contribution in [-0.4, -0.2) is 41.2 Å². The summed E-state index contributed by atoms with van der Waals surface area (Å²) in [5, 5.41) is 9.39. The number of aliphatic hydroxyl groups excluding tert-OH is 1. The average Bonchev–Trinajstić information content (AvgIpc) is 2.98. The highest BCUT2D eigenvalue weighted by atomic mass is 32.1. The van der Waals surface area contributed by atoms with Gasteiger partial charge in [0.2, 0.25) is 0 Å². The molecule has 7 heteroatoms. The summed E-state index contributed by atoms with van der Waals surface area (Å²) in [4.78, 5) is 19.9. The summed E-state index contributed by atoms with van der Waals surface area (Å²) in [5.74, 6) is -0.345. The number of rotatable bonds is 5. The number of carbonyl (C=O) groups is 1. The molecule has 5 nitrogen and oxygen atoms in total. The molecule has 2 aromatic carbocycles. The maximum absolute atomic E-state index is 13.1. The fourth-order valence-electron chi connectivity index (χ4n) is 2.82. The Morgan fingerprint density at radius 3 is 2.21 bits per heavy atom. The number of aliphatic hydroxyl groups is 1. The van der Waals surface area contributed by atoms with Crippen LogP contribution < -0.4 is 4.80 Å². The Balaban J connectivity index is 1.99. The van der Waals surface area contributed by atoms with Crippen molar-refractivity contribution in [2.75, 3.05) is 20.7 Å². The zero-order chi connectivity index (χ0) is 20.3. The van der Waals surface area contributed by atoms with Crippen LogP contribution >= 0.6 is 11.3 Å². The van der Waals surface area contributed by atoms with Crippen molar-refractivity contribution in [1.82, 2.24) is 9.47 Å². The van der Waals surface area contributed by atoms with Gasteiger partial charge >= 0.3 is 0 Å². The number of amides is 1. The zero-order valence-corrected chi connectivity index (χ0v) is 16.8. The second-order valence-corrected chi connectivity index (χ2v) is 7.52. The minimum atomic E-state index is -0.264. The summed E-state index contributed by atoms with van der Waals surface area (Å²) in [7, 11) is 3.42. The SMILES string of the molecule is Cc1c(C(=O)N(C)C)sc(=Nc2ccc(-c3ccc(F)cc3)cc2)n1CCO. The van der Waals surface area contributed by atoms with E-state index in [0.717, 1.165) is 22.5 Å². The van der Waals surface area contributed by atoms with Crippen LogP contribution in [0.4, 0.5) is 10.1 Å². The van der Waals surface area contributed by atoms with Gasteiger partial charge in [0.15, 0.2) is 4.80 Å². The highest BCUT2D eigenvalue weighted by Crippen LogP contribution is 2.23. The molecule has 0 atom stereocenters. The average molecular weight is 399 g/mol. The number of carbonyl (C=O) groups excluding carboxylic acids is 1. The Bertz CT molecular complexity index is 1040. The monoisotopic (exact) mass is 399 g/mol. The van der Waals surface area contributed by atoms with E-state index in [9.17, 15) is 14.3 Å². The van der Waals surface area contributed by atoms with E-state index in [4.69, 9.17) is 0 Å². The van der Waals surface area contributed by atoms with E-state index in [-0.39, 0.29) is 18.3 Å². The molecule has 146 valence electrons. The third kappa shape index (κ3) is 4.21. The van der Waals surface area contributed by atoms with Gasteiger partial charge < -0.3 is 14.6 Å². The summed E-state index contributed by atoms with van der Waals surface area (Å²) in [6.07, 6.45) is 0. The minimum absolute atomic E-state index is 0.0378. The molecule has 0 radical (unpaired) electrons. The van der Waals surface area contributed by atoms with Crippen LogP contribution in [0.2, 0.25) is 0 Å². The van der Waals surface area contributed by atoms with Crippen LogP contribution in [0.1, 0.15) is 15.4 Å². The van der Waals surface area contributed by atoms with Gasteiger partial charge in [0.05, 0.1) is 12.3 Å². The van der Waals surface area contributed by atoms with Crippen molar-refractivity contribution < 1.29 is 14.3 Å². The van der Waals surface area contributed by atoms with E-state index < -0.39 is 0 Å². The first-order valence-corrected chi connectivity index (χ1v) is 9.66. The standard InChI is InChI=1S/C21H22FN3O2S/c1-14-19(20(27)24(2)3)28-21(25(14)12-13-26)23-18-10-6-16(7-11-18)15-4-8-17(22)9-5-15/h4-11,26H,12-13H2,1-3H3. The van der Waals surface area contributed by atoms with Gasteiger partial charge in [0, 0.05) is 26.3 Å². The Hall–Kier alpha value is -2.77. The van der Waals surface area contributed by atoms with Crippen molar-refractivity contribution in [3.8, 4) is 11.1 Å². The summed E-state index contributed by atoms with van der Waals surface area (Å²) in [6.45, 7) is 2.19. The third-order valence-corrected chi connectivity index (χ3v) is 5.52. The van der Waals surface area contributed by atoms with Crippen molar-refractivity contribution in [2.45, 2.75) is 13.5 Å². The molecule has 1 N–H and O–H groups in total. The molecule has 0 spiro atoms. The molecule has 28 heavy (non-hydrogen) atoms. The van der Waals surface area contributed by atoms with Crippen LogP contribution in [-0.2, 0) is 6.54 Å². The summed E-state index contributed by atoms with van der Waals surface area (Å²) in [5.41, 5.74) is 3.42. The number of hydrogen-bond donors (Lipinski definition) is 1. The van der Waals surface area contributed by atoms with Crippen LogP contribution in [0.15, 0.2) is 53.5 Å². The molecule has 0 aliphatic heterocycles. The Labute approximate surface area is 167 Å². The van der Waals surface area contributed by atoms with Crippen LogP contribution in [0.25, 0.3) is 11.1 Å². The van der Waals surface area contributed by atoms with Gasteiger partial charge in [-0.05, 0) is 42.3 Å². The normalized spacial score (nSPS) is 11.7. The predicted octanol–water partition coefficient (Wildman–Crippen LogP) is 3.59. The topological polar surface area (TPSA) is 57.8 Å². The molecule has 0 saturated carbocycles. The zero-order valence-electron chi connectivity index (χ0n) is 16.0. The lowest BCUT2D eigenvalue weighted by atomic mass is 10.1. The van der Waals surface area contributed by atoms with Gasteiger partial charge in [-0.1, -0.05) is 35.6 Å². The molecule has 0 saturated heterocycles. The Morgan fingerprint density at radius 1 is 1.11 bits per heavy atom. The highest BCUT2D eigenvalue weighted by molar-refractivity contribution is 7.11. The first kappa shape index (κ1) is 20.0. The quantitative estimate of drug-likeness (QED) is 0.713. The number of aromatic nitrogens is 1. The molecule has 0 fully saturated rings. The van der Waals surface area contributed by atoms with Gasteiger partial charge in [-0.3, -0.25) is 4.79 Å². The second-order valence-electron chi connectivity index (χ2n) is 6.54. The van der Waals surface area contributed by atoms with Gasteiger partial charge in [-0.15, -0.1) is 0 Å². The molecule has 1 aromatic heterocycles. The number of nitrogens with zero attached hydrogens (tertiary/aromatic N) is 3. The first-order valence-electron chi connectivity index (χ1n) is 8.84. The van der Waals surface area contributed by atoms with Crippen molar-refractivity contribution >= 4 is 22.9 Å². The molecule has 3 rings (SSSR count). The van der Waals surface area contributed by atoms with Crippen LogP contribution in [0, 0.1) is 12.7 Å². The van der Waals surface area contributed by atoms with E-state index in [2.05, 4.69) is 4.99 Å². The lowest BCUT2D eigenvalue weighted by Gasteiger charge is -2.09. The molecular weight excluding hydrogens is 377 g/mol. The lowest BCUT2D eigenvalue weighted by molar-refractivity contribution is 0.0830. The molecule has 0 aliphatic rings. The van der Waals surface area contributed by atoms with Gasteiger partial charge in [0.1, 0.15) is 10.7 Å². The molecule has 0 unspecified atom stereocenters. The number of thiazole rings is 1. The smallest absolute Gasteiger partial charge is 0.265 e. The maximum Gasteiger partial charge on any atom is 0.265 e.